The lowest BCUT2D eigenvalue weighted by molar-refractivity contribution is -0.150. The normalized spacial score (nSPS) is 19.2. The Kier molecular flexibility index (Phi) is 6.16. The van der Waals surface area contributed by atoms with E-state index in [2.05, 4.69) is 11.4 Å². The topological polar surface area (TPSA) is 75.7 Å². The zero-order valence-electron chi connectivity index (χ0n) is 17.5. The minimum absolute atomic E-state index is 0.0134. The van der Waals surface area contributed by atoms with Gasteiger partial charge in [0.1, 0.15) is 0 Å². The molecule has 0 radical (unpaired) electrons. The SMILES string of the molecule is CC(=O)N1C=Cc2ccccc2[C@@H]1CC(=O)OCC(=O)N[C@@H]1CCCc2ccccc21. The van der Waals surface area contributed by atoms with Gasteiger partial charge < -0.3 is 15.0 Å². The van der Waals surface area contributed by atoms with E-state index < -0.39 is 12.0 Å². The van der Waals surface area contributed by atoms with Gasteiger partial charge >= 0.3 is 5.97 Å². The highest BCUT2D eigenvalue weighted by atomic mass is 16.5. The number of hydrogen-bond donors (Lipinski definition) is 1. The van der Waals surface area contributed by atoms with Crippen molar-refractivity contribution in [3.05, 3.63) is 77.0 Å². The summed E-state index contributed by atoms with van der Waals surface area (Å²) < 4.78 is 5.27. The summed E-state index contributed by atoms with van der Waals surface area (Å²) in [5.74, 6) is -0.986. The van der Waals surface area contributed by atoms with Crippen molar-refractivity contribution < 1.29 is 19.1 Å². The molecule has 6 nitrogen and oxygen atoms in total. The highest BCUT2D eigenvalue weighted by Crippen LogP contribution is 2.33. The van der Waals surface area contributed by atoms with Crippen LogP contribution < -0.4 is 5.32 Å². The number of esters is 1. The van der Waals surface area contributed by atoms with Crippen LogP contribution >= 0.6 is 0 Å². The molecule has 0 spiro atoms. The molecule has 1 aliphatic carbocycles. The first-order valence-electron chi connectivity index (χ1n) is 10.6. The maximum Gasteiger partial charge on any atom is 0.308 e. The van der Waals surface area contributed by atoms with E-state index in [1.54, 1.807) is 6.20 Å². The monoisotopic (exact) mass is 418 g/mol. The average molecular weight is 418 g/mol. The van der Waals surface area contributed by atoms with Crippen LogP contribution in [-0.4, -0.2) is 29.3 Å². The molecule has 0 saturated carbocycles. The summed E-state index contributed by atoms with van der Waals surface area (Å²) in [4.78, 5) is 38.5. The Morgan fingerprint density at radius 1 is 1.06 bits per heavy atom. The molecule has 2 aromatic rings. The zero-order valence-corrected chi connectivity index (χ0v) is 17.5. The highest BCUT2D eigenvalue weighted by molar-refractivity contribution is 5.82. The van der Waals surface area contributed by atoms with E-state index in [1.807, 2.05) is 48.5 Å². The Hall–Kier alpha value is -3.41. The van der Waals surface area contributed by atoms with E-state index in [1.165, 1.54) is 17.4 Å². The number of ether oxygens (including phenoxy) is 1. The Labute approximate surface area is 181 Å². The van der Waals surface area contributed by atoms with Crippen molar-refractivity contribution in [1.29, 1.82) is 0 Å². The van der Waals surface area contributed by atoms with Crippen LogP contribution in [0.3, 0.4) is 0 Å². The summed E-state index contributed by atoms with van der Waals surface area (Å²) in [6, 6.07) is 15.2. The van der Waals surface area contributed by atoms with Crippen molar-refractivity contribution in [2.45, 2.75) is 44.7 Å². The molecule has 1 heterocycles. The first kappa shape index (κ1) is 20.8. The number of carbonyl (C=O) groups excluding carboxylic acids is 3. The van der Waals surface area contributed by atoms with E-state index in [9.17, 15) is 14.4 Å². The number of nitrogens with one attached hydrogen (secondary N) is 1. The molecule has 2 amide bonds. The van der Waals surface area contributed by atoms with E-state index in [0.717, 1.165) is 36.0 Å². The Balaban J connectivity index is 1.35. The van der Waals surface area contributed by atoms with Crippen LogP contribution in [0.5, 0.6) is 0 Å². The quantitative estimate of drug-likeness (QED) is 0.752. The number of carbonyl (C=O) groups is 3. The molecule has 0 saturated heterocycles. The van der Waals surface area contributed by atoms with Crippen molar-refractivity contribution in [2.75, 3.05) is 6.61 Å². The van der Waals surface area contributed by atoms with Crippen LogP contribution in [0.25, 0.3) is 6.08 Å². The molecular weight excluding hydrogens is 392 g/mol. The molecule has 2 aromatic carbocycles. The third kappa shape index (κ3) is 4.68. The molecule has 1 N–H and O–H groups in total. The van der Waals surface area contributed by atoms with Gasteiger partial charge in [0.25, 0.3) is 5.91 Å². The van der Waals surface area contributed by atoms with Gasteiger partial charge in [-0.05, 0) is 47.6 Å². The maximum absolute atomic E-state index is 12.5. The van der Waals surface area contributed by atoms with Gasteiger partial charge in [-0.3, -0.25) is 14.4 Å². The number of amides is 2. The van der Waals surface area contributed by atoms with E-state index >= 15 is 0 Å². The Morgan fingerprint density at radius 3 is 2.61 bits per heavy atom. The van der Waals surface area contributed by atoms with Crippen LogP contribution in [0, 0.1) is 0 Å². The predicted octanol–water partition coefficient (Wildman–Crippen LogP) is 3.69. The minimum atomic E-state index is -0.513. The highest BCUT2D eigenvalue weighted by Gasteiger charge is 2.29. The van der Waals surface area contributed by atoms with Crippen LogP contribution in [0.2, 0.25) is 0 Å². The van der Waals surface area contributed by atoms with E-state index in [4.69, 9.17) is 4.74 Å². The molecule has 0 bridgehead atoms. The molecular formula is C25H26N2O4. The first-order chi connectivity index (χ1) is 15.0. The molecule has 2 aliphatic rings. The van der Waals surface area contributed by atoms with Crippen molar-refractivity contribution in [1.82, 2.24) is 10.2 Å². The van der Waals surface area contributed by atoms with Crippen molar-refractivity contribution in [3.63, 3.8) is 0 Å². The number of benzene rings is 2. The van der Waals surface area contributed by atoms with Gasteiger partial charge in [0.2, 0.25) is 5.91 Å². The fourth-order valence-electron chi connectivity index (χ4n) is 4.42. The number of hydrogen-bond acceptors (Lipinski definition) is 4. The van der Waals surface area contributed by atoms with Crippen molar-refractivity contribution >= 4 is 23.9 Å². The van der Waals surface area contributed by atoms with Crippen LogP contribution in [-0.2, 0) is 25.5 Å². The van der Waals surface area contributed by atoms with Gasteiger partial charge in [-0.1, -0.05) is 48.5 Å². The number of aryl methyl sites for hydroxylation is 1. The van der Waals surface area contributed by atoms with E-state index in [0.29, 0.717) is 0 Å². The fourth-order valence-corrected chi connectivity index (χ4v) is 4.42. The smallest absolute Gasteiger partial charge is 0.308 e. The number of rotatable bonds is 5. The second kappa shape index (κ2) is 9.16. The molecule has 0 fully saturated rings. The van der Waals surface area contributed by atoms with Crippen molar-refractivity contribution in [2.24, 2.45) is 0 Å². The van der Waals surface area contributed by atoms with E-state index in [-0.39, 0.29) is 30.9 Å². The molecule has 31 heavy (non-hydrogen) atoms. The maximum atomic E-state index is 12.5. The predicted molar refractivity (Wildman–Crippen MR) is 117 cm³/mol. The first-order valence-corrected chi connectivity index (χ1v) is 10.6. The van der Waals surface area contributed by atoms with Crippen LogP contribution in [0.15, 0.2) is 54.7 Å². The molecule has 0 unspecified atom stereocenters. The van der Waals surface area contributed by atoms with Crippen LogP contribution in [0.1, 0.15) is 60.5 Å². The average Bonchev–Trinajstić information content (AvgIpc) is 2.78. The summed E-state index contributed by atoms with van der Waals surface area (Å²) in [5, 5.41) is 2.98. The molecule has 4 rings (SSSR count). The lowest BCUT2D eigenvalue weighted by atomic mass is 9.88. The van der Waals surface area contributed by atoms with Gasteiger partial charge in [-0.15, -0.1) is 0 Å². The summed E-state index contributed by atoms with van der Waals surface area (Å²) in [5.41, 5.74) is 4.24. The molecule has 0 aromatic heterocycles. The third-order valence-corrected chi connectivity index (χ3v) is 5.90. The largest absolute Gasteiger partial charge is 0.456 e. The lowest BCUT2D eigenvalue weighted by Crippen LogP contribution is -2.35. The Morgan fingerprint density at radius 2 is 1.81 bits per heavy atom. The molecule has 6 heteroatoms. The molecule has 160 valence electrons. The van der Waals surface area contributed by atoms with Gasteiger partial charge in [0.05, 0.1) is 18.5 Å². The fraction of sp³-hybridized carbons (Fsp3) is 0.320. The summed E-state index contributed by atoms with van der Waals surface area (Å²) in [7, 11) is 0. The van der Waals surface area contributed by atoms with Gasteiger partial charge in [-0.25, -0.2) is 0 Å². The van der Waals surface area contributed by atoms with Crippen molar-refractivity contribution in [3.8, 4) is 0 Å². The van der Waals surface area contributed by atoms with Gasteiger partial charge in [0.15, 0.2) is 6.61 Å². The second-order valence-corrected chi connectivity index (χ2v) is 7.96. The second-order valence-electron chi connectivity index (χ2n) is 7.96. The Bertz CT molecular complexity index is 1030. The standard InChI is InChI=1S/C25H26N2O4/c1-17(28)27-14-13-19-8-3-5-11-21(19)23(27)15-25(30)31-16-24(29)26-22-12-6-9-18-7-2-4-10-20(18)22/h2-5,7-8,10-11,13-14,22-23H,6,9,12,15-16H2,1H3,(H,26,29)/t22-,23+/m1/s1. The minimum Gasteiger partial charge on any atom is -0.456 e. The summed E-state index contributed by atoms with van der Waals surface area (Å²) in [6.07, 6.45) is 6.43. The zero-order chi connectivity index (χ0) is 21.8. The molecule has 2 atom stereocenters. The van der Waals surface area contributed by atoms with Crippen LogP contribution in [0.4, 0.5) is 0 Å². The van der Waals surface area contributed by atoms with Gasteiger partial charge in [0, 0.05) is 13.1 Å². The number of nitrogens with zero attached hydrogens (tertiary/aromatic N) is 1. The van der Waals surface area contributed by atoms with Gasteiger partial charge in [-0.2, -0.15) is 0 Å². The lowest BCUT2D eigenvalue weighted by Gasteiger charge is -2.32. The number of fused-ring (bicyclic) bond motifs is 2. The summed E-state index contributed by atoms with van der Waals surface area (Å²) in [6.45, 7) is 1.13. The molecule has 1 aliphatic heterocycles. The summed E-state index contributed by atoms with van der Waals surface area (Å²) >= 11 is 0. The third-order valence-electron chi connectivity index (χ3n) is 5.90.